The molecule has 0 aliphatic heterocycles. The maximum Gasteiger partial charge on any atom is 0.183 e. The fourth-order valence-electron chi connectivity index (χ4n) is 2.72. The number of aryl methyl sites for hydroxylation is 1. The van der Waals surface area contributed by atoms with Crippen molar-refractivity contribution in [2.24, 2.45) is 5.73 Å². The van der Waals surface area contributed by atoms with Crippen molar-refractivity contribution in [2.45, 2.75) is 29.0 Å². The number of sulfone groups is 1. The molecule has 2 N–H and O–H groups in total. The van der Waals surface area contributed by atoms with Gasteiger partial charge < -0.3 is 5.73 Å². The summed E-state index contributed by atoms with van der Waals surface area (Å²) >= 11 is 5.97. The van der Waals surface area contributed by atoms with Gasteiger partial charge in [0.05, 0.1) is 10.1 Å². The topological polar surface area (TPSA) is 60.2 Å². The fraction of sp³-hybridized carbons (Fsp3) is 0.250. The van der Waals surface area contributed by atoms with Crippen LogP contribution in [0, 0.1) is 6.92 Å². The molecule has 0 amide bonds. The SMILES string of the molecule is Cc1ccc(S(=O)(=O)[C@H]2[C@@H](N)[C@@H]2c2cccc(Cl)c2)cc1. The lowest BCUT2D eigenvalue weighted by atomic mass is 10.1. The maximum atomic E-state index is 12.7. The standard InChI is InChI=1S/C16H16ClNO2S/c1-10-5-7-13(8-6-10)21(19,20)16-14(15(16)18)11-3-2-4-12(17)9-11/h2-9,14-16H,18H2,1H3/t14-,15-,16+/m0/s1. The predicted molar refractivity (Wildman–Crippen MR) is 84.3 cm³/mol. The van der Waals surface area contributed by atoms with E-state index in [1.165, 1.54) is 0 Å². The lowest BCUT2D eigenvalue weighted by Crippen LogP contribution is -2.15. The molecular formula is C16H16ClNO2S. The molecule has 0 radical (unpaired) electrons. The molecule has 1 aliphatic rings. The van der Waals surface area contributed by atoms with Crippen molar-refractivity contribution in [3.63, 3.8) is 0 Å². The molecule has 0 spiro atoms. The van der Waals surface area contributed by atoms with E-state index in [0.29, 0.717) is 9.92 Å². The summed E-state index contributed by atoms with van der Waals surface area (Å²) < 4.78 is 25.3. The average molecular weight is 322 g/mol. The lowest BCUT2D eigenvalue weighted by Gasteiger charge is -2.05. The average Bonchev–Trinajstić information content (AvgIpc) is 3.12. The van der Waals surface area contributed by atoms with E-state index in [4.69, 9.17) is 17.3 Å². The molecule has 0 aromatic heterocycles. The zero-order valence-corrected chi connectivity index (χ0v) is 13.1. The van der Waals surface area contributed by atoms with Crippen molar-refractivity contribution in [3.05, 3.63) is 64.7 Å². The molecule has 3 atom stereocenters. The highest BCUT2D eigenvalue weighted by atomic mass is 35.5. The second-order valence-electron chi connectivity index (χ2n) is 5.48. The smallest absolute Gasteiger partial charge is 0.183 e. The summed E-state index contributed by atoms with van der Waals surface area (Å²) in [5.41, 5.74) is 7.94. The molecule has 21 heavy (non-hydrogen) atoms. The van der Waals surface area contributed by atoms with E-state index in [-0.39, 0.29) is 12.0 Å². The van der Waals surface area contributed by atoms with Crippen molar-refractivity contribution in [1.82, 2.24) is 0 Å². The molecule has 1 aliphatic carbocycles. The summed E-state index contributed by atoms with van der Waals surface area (Å²) in [7, 11) is -3.41. The Morgan fingerprint density at radius 1 is 1.10 bits per heavy atom. The predicted octanol–water partition coefficient (Wildman–Crippen LogP) is 2.92. The van der Waals surface area contributed by atoms with Crippen molar-refractivity contribution < 1.29 is 8.42 Å². The van der Waals surface area contributed by atoms with Crippen LogP contribution in [0.15, 0.2) is 53.4 Å². The molecule has 110 valence electrons. The Bertz CT molecular complexity index is 771. The number of halogens is 1. The van der Waals surface area contributed by atoms with E-state index >= 15 is 0 Å². The number of rotatable bonds is 3. The van der Waals surface area contributed by atoms with Gasteiger partial charge in [-0.15, -0.1) is 0 Å². The van der Waals surface area contributed by atoms with Crippen LogP contribution in [0.3, 0.4) is 0 Å². The van der Waals surface area contributed by atoms with Gasteiger partial charge in [-0.2, -0.15) is 0 Å². The fourth-order valence-corrected chi connectivity index (χ4v) is 4.96. The first-order chi connectivity index (χ1) is 9.91. The molecule has 3 nitrogen and oxygen atoms in total. The van der Waals surface area contributed by atoms with Gasteiger partial charge in [0.2, 0.25) is 0 Å². The summed E-state index contributed by atoms with van der Waals surface area (Å²) in [5.74, 6) is -0.185. The highest BCUT2D eigenvalue weighted by Gasteiger charge is 2.57. The van der Waals surface area contributed by atoms with Crippen LogP contribution < -0.4 is 5.73 Å². The molecule has 5 heteroatoms. The second-order valence-corrected chi connectivity index (χ2v) is 8.02. The Morgan fingerprint density at radius 2 is 1.76 bits per heavy atom. The summed E-state index contributed by atoms with van der Waals surface area (Å²) in [4.78, 5) is 0.332. The Hall–Kier alpha value is -1.36. The van der Waals surface area contributed by atoms with Crippen molar-refractivity contribution in [3.8, 4) is 0 Å². The first-order valence-corrected chi connectivity index (χ1v) is 8.65. The number of hydrogen-bond donors (Lipinski definition) is 1. The van der Waals surface area contributed by atoms with E-state index in [1.54, 1.807) is 36.4 Å². The summed E-state index contributed by atoms with van der Waals surface area (Å²) in [5, 5.41) is 0.0248. The molecule has 3 rings (SSSR count). The highest BCUT2D eigenvalue weighted by Crippen LogP contribution is 2.47. The van der Waals surface area contributed by atoms with Gasteiger partial charge in [0, 0.05) is 17.0 Å². The third-order valence-electron chi connectivity index (χ3n) is 3.95. The Kier molecular flexibility index (Phi) is 3.56. The molecular weight excluding hydrogens is 306 g/mol. The molecule has 0 saturated heterocycles. The molecule has 0 bridgehead atoms. The second kappa shape index (κ2) is 5.13. The molecule has 2 aromatic rings. The van der Waals surface area contributed by atoms with E-state index in [0.717, 1.165) is 11.1 Å². The summed E-state index contributed by atoms with van der Waals surface area (Å²) in [6.07, 6.45) is 0. The van der Waals surface area contributed by atoms with Crippen LogP contribution >= 0.6 is 11.6 Å². The minimum atomic E-state index is -3.41. The zero-order chi connectivity index (χ0) is 15.2. The third kappa shape index (κ3) is 2.59. The van der Waals surface area contributed by atoms with Crippen LogP contribution in [-0.4, -0.2) is 19.7 Å². The molecule has 2 aromatic carbocycles. The van der Waals surface area contributed by atoms with E-state index in [9.17, 15) is 8.42 Å². The van der Waals surface area contributed by atoms with Gasteiger partial charge >= 0.3 is 0 Å². The number of benzene rings is 2. The van der Waals surface area contributed by atoms with Gasteiger partial charge in [-0.3, -0.25) is 0 Å². The third-order valence-corrected chi connectivity index (χ3v) is 6.44. The van der Waals surface area contributed by atoms with E-state index in [1.807, 2.05) is 19.1 Å². The molecule has 1 saturated carbocycles. The van der Waals surface area contributed by atoms with Crippen LogP contribution in [0.5, 0.6) is 0 Å². The monoisotopic (exact) mass is 321 g/mol. The normalized spacial score (nSPS) is 24.8. The van der Waals surface area contributed by atoms with Gasteiger partial charge in [-0.1, -0.05) is 41.4 Å². The van der Waals surface area contributed by atoms with Crippen LogP contribution in [0.4, 0.5) is 0 Å². The zero-order valence-electron chi connectivity index (χ0n) is 11.5. The summed E-state index contributed by atoms with van der Waals surface area (Å²) in [6.45, 7) is 1.92. The first kappa shape index (κ1) is 14.6. The number of nitrogens with two attached hydrogens (primary N) is 1. The maximum absolute atomic E-state index is 12.7. The van der Waals surface area contributed by atoms with Gasteiger partial charge in [0.25, 0.3) is 0 Å². The minimum Gasteiger partial charge on any atom is -0.326 e. The van der Waals surface area contributed by atoms with E-state index < -0.39 is 15.1 Å². The minimum absolute atomic E-state index is 0.185. The summed E-state index contributed by atoms with van der Waals surface area (Å²) in [6, 6.07) is 13.8. The van der Waals surface area contributed by atoms with Crippen molar-refractivity contribution in [1.29, 1.82) is 0 Å². The lowest BCUT2D eigenvalue weighted by molar-refractivity contribution is 0.593. The first-order valence-electron chi connectivity index (χ1n) is 6.73. The molecule has 1 fully saturated rings. The largest absolute Gasteiger partial charge is 0.326 e. The molecule has 0 unspecified atom stereocenters. The van der Waals surface area contributed by atoms with Crippen LogP contribution in [0.25, 0.3) is 0 Å². The van der Waals surface area contributed by atoms with Gasteiger partial charge in [-0.25, -0.2) is 8.42 Å². The Balaban J connectivity index is 1.93. The van der Waals surface area contributed by atoms with Gasteiger partial charge in [0.15, 0.2) is 9.84 Å². The molecule has 0 heterocycles. The van der Waals surface area contributed by atoms with E-state index in [2.05, 4.69) is 0 Å². The van der Waals surface area contributed by atoms with Crippen LogP contribution in [0.2, 0.25) is 5.02 Å². The van der Waals surface area contributed by atoms with Crippen LogP contribution in [-0.2, 0) is 9.84 Å². The quantitative estimate of drug-likeness (QED) is 0.945. The Labute approximate surface area is 129 Å². The van der Waals surface area contributed by atoms with Gasteiger partial charge in [0.1, 0.15) is 0 Å². The van der Waals surface area contributed by atoms with Crippen LogP contribution in [0.1, 0.15) is 17.0 Å². The Morgan fingerprint density at radius 3 is 2.38 bits per heavy atom. The van der Waals surface area contributed by atoms with Crippen molar-refractivity contribution >= 4 is 21.4 Å². The van der Waals surface area contributed by atoms with Crippen molar-refractivity contribution in [2.75, 3.05) is 0 Å². The number of hydrogen-bond acceptors (Lipinski definition) is 3. The van der Waals surface area contributed by atoms with Gasteiger partial charge in [-0.05, 0) is 36.8 Å². The highest BCUT2D eigenvalue weighted by molar-refractivity contribution is 7.92.